The van der Waals surface area contributed by atoms with Crippen LogP contribution >= 0.6 is 0 Å². The van der Waals surface area contributed by atoms with Gasteiger partial charge in [-0.2, -0.15) is 0 Å². The molecule has 7 heteroatoms. The Morgan fingerprint density at radius 2 is 1.79 bits per heavy atom. The zero-order valence-corrected chi connectivity index (χ0v) is 17.6. The maximum absolute atomic E-state index is 12.5. The molecule has 6 nitrogen and oxygen atoms in total. The van der Waals surface area contributed by atoms with E-state index >= 15 is 0 Å². The fourth-order valence-corrected chi connectivity index (χ4v) is 3.75. The van der Waals surface area contributed by atoms with Crippen molar-refractivity contribution in [2.24, 2.45) is 0 Å². The Labute approximate surface area is 167 Å². The minimum Gasteiger partial charge on any atom is -0.491 e. The van der Waals surface area contributed by atoms with E-state index in [0.717, 1.165) is 27.4 Å². The lowest BCUT2D eigenvalue weighted by atomic mass is 10.1. The highest BCUT2D eigenvalue weighted by atomic mass is 32.2. The SMILES string of the molecule is CCc1ccccc1N(CC(=O)NC(C)COc1ccccc1C)S(C)(=O)=O. The van der Waals surface area contributed by atoms with Crippen LogP contribution in [0.4, 0.5) is 5.69 Å². The van der Waals surface area contributed by atoms with Gasteiger partial charge in [0.25, 0.3) is 0 Å². The van der Waals surface area contributed by atoms with Gasteiger partial charge in [0.1, 0.15) is 18.9 Å². The van der Waals surface area contributed by atoms with E-state index < -0.39 is 10.0 Å². The van der Waals surface area contributed by atoms with Gasteiger partial charge in [0.05, 0.1) is 18.0 Å². The number of amides is 1. The van der Waals surface area contributed by atoms with Crippen molar-refractivity contribution in [2.45, 2.75) is 33.2 Å². The summed E-state index contributed by atoms with van der Waals surface area (Å²) in [6.07, 6.45) is 1.78. The Bertz CT molecular complexity index is 912. The van der Waals surface area contributed by atoms with Crippen molar-refractivity contribution in [2.75, 3.05) is 23.7 Å². The number of sulfonamides is 1. The summed E-state index contributed by atoms with van der Waals surface area (Å²) in [7, 11) is -3.60. The predicted octanol–water partition coefficient (Wildman–Crippen LogP) is 2.91. The zero-order valence-electron chi connectivity index (χ0n) is 16.8. The zero-order chi connectivity index (χ0) is 20.7. The van der Waals surface area contributed by atoms with Crippen molar-refractivity contribution in [1.82, 2.24) is 5.32 Å². The van der Waals surface area contributed by atoms with Crippen LogP contribution in [0.25, 0.3) is 0 Å². The van der Waals surface area contributed by atoms with Crippen molar-refractivity contribution >= 4 is 21.6 Å². The number of nitrogens with zero attached hydrogens (tertiary/aromatic N) is 1. The summed E-state index contributed by atoms with van der Waals surface area (Å²) in [4.78, 5) is 12.5. The van der Waals surface area contributed by atoms with E-state index in [4.69, 9.17) is 4.74 Å². The monoisotopic (exact) mass is 404 g/mol. The summed E-state index contributed by atoms with van der Waals surface area (Å²) in [6.45, 7) is 5.74. The number of hydrogen-bond acceptors (Lipinski definition) is 4. The smallest absolute Gasteiger partial charge is 0.241 e. The highest BCUT2D eigenvalue weighted by Gasteiger charge is 2.23. The highest BCUT2D eigenvalue weighted by molar-refractivity contribution is 7.92. The van der Waals surface area contributed by atoms with Crippen LogP contribution in [0.15, 0.2) is 48.5 Å². The summed E-state index contributed by atoms with van der Waals surface area (Å²) in [5, 5.41) is 2.81. The van der Waals surface area contributed by atoms with Crippen molar-refractivity contribution < 1.29 is 17.9 Å². The normalized spacial score (nSPS) is 12.3. The Hall–Kier alpha value is -2.54. The predicted molar refractivity (Wildman–Crippen MR) is 112 cm³/mol. The van der Waals surface area contributed by atoms with Crippen LogP contribution in [0.3, 0.4) is 0 Å². The third-order valence-electron chi connectivity index (χ3n) is 4.32. The molecule has 1 unspecified atom stereocenters. The lowest BCUT2D eigenvalue weighted by Gasteiger charge is -2.25. The fourth-order valence-electron chi connectivity index (χ4n) is 2.86. The molecule has 0 spiro atoms. The first kappa shape index (κ1) is 21.8. The van der Waals surface area contributed by atoms with E-state index in [1.54, 1.807) is 12.1 Å². The van der Waals surface area contributed by atoms with Crippen LogP contribution in [0, 0.1) is 6.92 Å². The molecular weight excluding hydrogens is 376 g/mol. The van der Waals surface area contributed by atoms with E-state index in [9.17, 15) is 13.2 Å². The third-order valence-corrected chi connectivity index (χ3v) is 5.45. The molecule has 0 heterocycles. The minimum atomic E-state index is -3.60. The number of carbonyl (C=O) groups excluding carboxylic acids is 1. The lowest BCUT2D eigenvalue weighted by molar-refractivity contribution is -0.120. The van der Waals surface area contributed by atoms with Gasteiger partial charge in [-0.05, 0) is 43.5 Å². The van der Waals surface area contributed by atoms with Gasteiger partial charge >= 0.3 is 0 Å². The van der Waals surface area contributed by atoms with Gasteiger partial charge in [-0.3, -0.25) is 9.10 Å². The van der Waals surface area contributed by atoms with Gasteiger partial charge in [0.2, 0.25) is 15.9 Å². The Balaban J connectivity index is 2.03. The van der Waals surface area contributed by atoms with E-state index in [0.29, 0.717) is 18.7 Å². The van der Waals surface area contributed by atoms with Crippen LogP contribution in [0.2, 0.25) is 0 Å². The highest BCUT2D eigenvalue weighted by Crippen LogP contribution is 2.23. The Kier molecular flexibility index (Phi) is 7.45. The molecule has 0 fully saturated rings. The summed E-state index contributed by atoms with van der Waals surface area (Å²) in [5.41, 5.74) is 2.42. The molecule has 0 aromatic heterocycles. The van der Waals surface area contributed by atoms with Crippen molar-refractivity contribution in [3.05, 3.63) is 59.7 Å². The van der Waals surface area contributed by atoms with E-state index in [1.807, 2.05) is 57.2 Å². The van der Waals surface area contributed by atoms with Crippen molar-refractivity contribution in [1.29, 1.82) is 0 Å². The number of benzene rings is 2. The quantitative estimate of drug-likeness (QED) is 0.697. The topological polar surface area (TPSA) is 75.7 Å². The number of carbonyl (C=O) groups is 1. The first-order valence-corrected chi connectivity index (χ1v) is 11.1. The summed E-state index contributed by atoms with van der Waals surface area (Å²) >= 11 is 0. The number of anilines is 1. The number of ether oxygens (including phenoxy) is 1. The maximum Gasteiger partial charge on any atom is 0.241 e. The first-order chi connectivity index (χ1) is 13.2. The van der Waals surface area contributed by atoms with E-state index in [1.165, 1.54) is 0 Å². The summed E-state index contributed by atoms with van der Waals surface area (Å²) in [6, 6.07) is 14.6. The molecule has 0 radical (unpaired) electrons. The molecule has 2 aromatic rings. The molecule has 152 valence electrons. The van der Waals surface area contributed by atoms with Gasteiger partial charge in [0, 0.05) is 0 Å². The number of nitrogens with one attached hydrogen (secondary N) is 1. The molecule has 0 bridgehead atoms. The van der Waals surface area contributed by atoms with Gasteiger partial charge in [0.15, 0.2) is 0 Å². The number of aryl methyl sites for hydroxylation is 2. The number of hydrogen-bond donors (Lipinski definition) is 1. The van der Waals surface area contributed by atoms with Crippen molar-refractivity contribution in [3.63, 3.8) is 0 Å². The first-order valence-electron chi connectivity index (χ1n) is 9.25. The summed E-state index contributed by atoms with van der Waals surface area (Å²) in [5.74, 6) is 0.385. The molecule has 28 heavy (non-hydrogen) atoms. The molecular formula is C21H28N2O4S. The molecule has 2 aromatic carbocycles. The lowest BCUT2D eigenvalue weighted by Crippen LogP contribution is -2.45. The fraction of sp³-hybridized carbons (Fsp3) is 0.381. The molecule has 1 N–H and O–H groups in total. The van der Waals surface area contributed by atoms with Crippen LogP contribution < -0.4 is 14.4 Å². The summed E-state index contributed by atoms with van der Waals surface area (Å²) < 4.78 is 31.5. The van der Waals surface area contributed by atoms with Gasteiger partial charge in [-0.25, -0.2) is 8.42 Å². The average molecular weight is 405 g/mol. The second-order valence-electron chi connectivity index (χ2n) is 6.80. The number of rotatable bonds is 9. The largest absolute Gasteiger partial charge is 0.491 e. The van der Waals surface area contributed by atoms with Crippen molar-refractivity contribution in [3.8, 4) is 5.75 Å². The molecule has 1 amide bonds. The van der Waals surface area contributed by atoms with Gasteiger partial charge in [-0.15, -0.1) is 0 Å². The molecule has 0 aliphatic carbocycles. The third kappa shape index (κ3) is 5.99. The Morgan fingerprint density at radius 1 is 1.14 bits per heavy atom. The molecule has 0 saturated carbocycles. The minimum absolute atomic E-state index is 0.269. The number of para-hydroxylation sites is 2. The average Bonchev–Trinajstić information content (AvgIpc) is 2.64. The second kappa shape index (κ2) is 9.59. The van der Waals surface area contributed by atoms with Crippen LogP contribution in [-0.4, -0.2) is 39.8 Å². The molecule has 0 saturated heterocycles. The Morgan fingerprint density at radius 3 is 2.43 bits per heavy atom. The second-order valence-corrected chi connectivity index (χ2v) is 8.70. The molecule has 0 aliphatic heterocycles. The van der Waals surface area contributed by atoms with E-state index in [-0.39, 0.29) is 18.5 Å². The maximum atomic E-state index is 12.5. The van der Waals surface area contributed by atoms with Gasteiger partial charge < -0.3 is 10.1 Å². The van der Waals surface area contributed by atoms with Crippen LogP contribution in [0.1, 0.15) is 25.0 Å². The molecule has 1 atom stereocenters. The molecule has 0 aliphatic rings. The van der Waals surface area contributed by atoms with Crippen LogP contribution in [-0.2, 0) is 21.2 Å². The van der Waals surface area contributed by atoms with Crippen LogP contribution in [0.5, 0.6) is 5.75 Å². The standard InChI is InChI=1S/C21H28N2O4S/c1-5-18-11-7-8-12-19(18)23(28(4,25)26)14-21(24)22-17(3)15-27-20-13-9-6-10-16(20)2/h6-13,17H,5,14-15H2,1-4H3,(H,22,24). The van der Waals surface area contributed by atoms with Gasteiger partial charge in [-0.1, -0.05) is 43.3 Å². The molecule has 2 rings (SSSR count). The van der Waals surface area contributed by atoms with E-state index in [2.05, 4.69) is 5.32 Å².